The highest BCUT2D eigenvalue weighted by atomic mass is 16.2. The first-order valence-electron chi connectivity index (χ1n) is 7.31. The van der Waals surface area contributed by atoms with E-state index in [1.54, 1.807) is 0 Å². The number of benzene rings is 1. The molecule has 1 saturated carbocycles. The third-order valence-corrected chi connectivity index (χ3v) is 4.60. The number of para-hydroxylation sites is 1. The van der Waals surface area contributed by atoms with E-state index in [2.05, 4.69) is 26.0 Å². The van der Waals surface area contributed by atoms with Crippen molar-refractivity contribution >= 4 is 16.8 Å². The summed E-state index contributed by atoms with van der Waals surface area (Å²) in [7, 11) is 0. The SMILES string of the molecule is Cc1c(C)n(C(=O)C2CCCCC2)c2ccccc12. The highest BCUT2D eigenvalue weighted by Gasteiger charge is 2.25. The van der Waals surface area contributed by atoms with Crippen LogP contribution in [-0.2, 0) is 0 Å². The van der Waals surface area contributed by atoms with Crippen LogP contribution in [0.1, 0.15) is 48.2 Å². The molecule has 0 atom stereocenters. The molecule has 3 rings (SSSR count). The number of carbonyl (C=O) groups is 1. The summed E-state index contributed by atoms with van der Waals surface area (Å²) >= 11 is 0. The fourth-order valence-electron chi connectivity index (χ4n) is 3.35. The number of aryl methyl sites for hydroxylation is 1. The molecule has 0 unspecified atom stereocenters. The summed E-state index contributed by atoms with van der Waals surface area (Å²) < 4.78 is 1.96. The lowest BCUT2D eigenvalue weighted by Gasteiger charge is -2.21. The Morgan fingerprint density at radius 3 is 2.53 bits per heavy atom. The summed E-state index contributed by atoms with van der Waals surface area (Å²) in [6.07, 6.45) is 5.81. The van der Waals surface area contributed by atoms with Crippen LogP contribution in [0.5, 0.6) is 0 Å². The Kier molecular flexibility index (Phi) is 3.17. The topological polar surface area (TPSA) is 22.0 Å². The molecule has 1 heterocycles. The lowest BCUT2D eigenvalue weighted by molar-refractivity contribution is 0.0805. The summed E-state index contributed by atoms with van der Waals surface area (Å²) in [4.78, 5) is 12.8. The lowest BCUT2D eigenvalue weighted by Crippen LogP contribution is -2.24. The number of rotatable bonds is 1. The molecule has 0 N–H and O–H groups in total. The highest BCUT2D eigenvalue weighted by molar-refractivity contribution is 5.96. The van der Waals surface area contributed by atoms with Crippen LogP contribution in [0.15, 0.2) is 24.3 Å². The maximum Gasteiger partial charge on any atom is 0.234 e. The molecule has 0 saturated heterocycles. The predicted octanol–water partition coefficient (Wildman–Crippen LogP) is 4.48. The van der Waals surface area contributed by atoms with Gasteiger partial charge in [-0.05, 0) is 38.3 Å². The normalized spacial score (nSPS) is 16.9. The van der Waals surface area contributed by atoms with E-state index in [0.29, 0.717) is 5.91 Å². The molecule has 100 valence electrons. The first kappa shape index (κ1) is 12.5. The molecule has 1 aliphatic carbocycles. The third-order valence-electron chi connectivity index (χ3n) is 4.60. The van der Waals surface area contributed by atoms with Crippen molar-refractivity contribution in [3.05, 3.63) is 35.5 Å². The molecule has 2 aromatic rings. The fourth-order valence-corrected chi connectivity index (χ4v) is 3.35. The molecule has 1 fully saturated rings. The van der Waals surface area contributed by atoms with Gasteiger partial charge < -0.3 is 0 Å². The van der Waals surface area contributed by atoms with Gasteiger partial charge in [-0.1, -0.05) is 37.5 Å². The minimum Gasteiger partial charge on any atom is -0.284 e. The fraction of sp³-hybridized carbons (Fsp3) is 0.471. The molecule has 2 nitrogen and oxygen atoms in total. The number of hydrogen-bond acceptors (Lipinski definition) is 1. The Morgan fingerprint density at radius 1 is 1.11 bits per heavy atom. The first-order chi connectivity index (χ1) is 9.20. The molecule has 2 heteroatoms. The third kappa shape index (κ3) is 1.99. The minimum atomic E-state index is 0.225. The zero-order valence-electron chi connectivity index (χ0n) is 11.8. The van der Waals surface area contributed by atoms with E-state index >= 15 is 0 Å². The monoisotopic (exact) mass is 255 g/mol. The smallest absolute Gasteiger partial charge is 0.234 e. The van der Waals surface area contributed by atoms with E-state index in [4.69, 9.17) is 0 Å². The molecule has 1 aliphatic rings. The van der Waals surface area contributed by atoms with Gasteiger partial charge in [0.1, 0.15) is 0 Å². The van der Waals surface area contributed by atoms with Gasteiger partial charge in [-0.15, -0.1) is 0 Å². The van der Waals surface area contributed by atoms with Gasteiger partial charge in [0.25, 0.3) is 0 Å². The molecule has 0 spiro atoms. The van der Waals surface area contributed by atoms with Crippen LogP contribution in [-0.4, -0.2) is 10.5 Å². The van der Waals surface area contributed by atoms with Gasteiger partial charge in [-0.2, -0.15) is 0 Å². The maximum absolute atomic E-state index is 12.8. The van der Waals surface area contributed by atoms with Gasteiger partial charge in [0.2, 0.25) is 5.91 Å². The molecule has 0 aliphatic heterocycles. The van der Waals surface area contributed by atoms with Crippen LogP contribution in [0.25, 0.3) is 10.9 Å². The zero-order chi connectivity index (χ0) is 13.4. The van der Waals surface area contributed by atoms with E-state index in [1.165, 1.54) is 30.2 Å². The van der Waals surface area contributed by atoms with E-state index in [1.807, 2.05) is 16.7 Å². The minimum absolute atomic E-state index is 0.225. The molecule has 1 aromatic carbocycles. The van der Waals surface area contributed by atoms with E-state index in [9.17, 15) is 4.79 Å². The van der Waals surface area contributed by atoms with Gasteiger partial charge in [0.15, 0.2) is 0 Å². The average molecular weight is 255 g/mol. The summed E-state index contributed by atoms with van der Waals surface area (Å²) in [5.74, 6) is 0.532. The number of aromatic nitrogens is 1. The quantitative estimate of drug-likeness (QED) is 0.736. The summed E-state index contributed by atoms with van der Waals surface area (Å²) in [6.45, 7) is 4.18. The van der Waals surface area contributed by atoms with Crippen molar-refractivity contribution in [3.8, 4) is 0 Å². The van der Waals surface area contributed by atoms with Crippen molar-refractivity contribution in [1.29, 1.82) is 0 Å². The van der Waals surface area contributed by atoms with Gasteiger partial charge in [-0.25, -0.2) is 0 Å². The van der Waals surface area contributed by atoms with Gasteiger partial charge in [-0.3, -0.25) is 9.36 Å². The zero-order valence-corrected chi connectivity index (χ0v) is 11.8. The van der Waals surface area contributed by atoms with Crippen molar-refractivity contribution in [3.63, 3.8) is 0 Å². The van der Waals surface area contributed by atoms with Crippen LogP contribution >= 0.6 is 0 Å². The maximum atomic E-state index is 12.8. The molecule has 0 radical (unpaired) electrons. The second-order valence-electron chi connectivity index (χ2n) is 5.74. The molecular weight excluding hydrogens is 234 g/mol. The van der Waals surface area contributed by atoms with Crippen LogP contribution in [0.2, 0.25) is 0 Å². The molecule has 0 amide bonds. The summed E-state index contributed by atoms with van der Waals surface area (Å²) in [5, 5.41) is 1.21. The average Bonchev–Trinajstić information content (AvgIpc) is 2.72. The second kappa shape index (κ2) is 4.84. The van der Waals surface area contributed by atoms with Crippen molar-refractivity contribution in [2.24, 2.45) is 5.92 Å². The number of hydrogen-bond donors (Lipinski definition) is 0. The van der Waals surface area contributed by atoms with E-state index < -0.39 is 0 Å². The Labute approximate surface area is 114 Å². The molecule has 0 bridgehead atoms. The highest BCUT2D eigenvalue weighted by Crippen LogP contribution is 2.30. The summed E-state index contributed by atoms with van der Waals surface area (Å²) in [5.41, 5.74) is 3.42. The van der Waals surface area contributed by atoms with Gasteiger partial charge in [0, 0.05) is 17.0 Å². The number of fused-ring (bicyclic) bond motifs is 1. The Morgan fingerprint density at radius 2 is 1.79 bits per heavy atom. The first-order valence-corrected chi connectivity index (χ1v) is 7.31. The van der Waals surface area contributed by atoms with Crippen LogP contribution < -0.4 is 0 Å². The van der Waals surface area contributed by atoms with Crippen molar-refractivity contribution in [2.45, 2.75) is 46.0 Å². The van der Waals surface area contributed by atoms with Crippen LogP contribution in [0, 0.1) is 19.8 Å². The molecular formula is C17H21NO. The predicted molar refractivity (Wildman–Crippen MR) is 78.6 cm³/mol. The van der Waals surface area contributed by atoms with Crippen LogP contribution in [0.4, 0.5) is 0 Å². The van der Waals surface area contributed by atoms with E-state index in [-0.39, 0.29) is 5.92 Å². The van der Waals surface area contributed by atoms with Gasteiger partial charge in [0.05, 0.1) is 5.52 Å². The Balaban J connectivity index is 2.09. The van der Waals surface area contributed by atoms with Crippen molar-refractivity contribution in [1.82, 2.24) is 4.57 Å². The van der Waals surface area contributed by atoms with Crippen LogP contribution in [0.3, 0.4) is 0 Å². The number of carbonyl (C=O) groups excluding carboxylic acids is 1. The standard InChI is InChI=1S/C17H21NO/c1-12-13(2)18(16-11-7-6-10-15(12)16)17(19)14-8-4-3-5-9-14/h6-7,10-11,14H,3-5,8-9H2,1-2H3. The number of nitrogens with zero attached hydrogens (tertiary/aromatic N) is 1. The Hall–Kier alpha value is -1.57. The van der Waals surface area contributed by atoms with Crippen molar-refractivity contribution in [2.75, 3.05) is 0 Å². The van der Waals surface area contributed by atoms with Gasteiger partial charge >= 0.3 is 0 Å². The lowest BCUT2D eigenvalue weighted by atomic mass is 9.88. The Bertz CT molecular complexity index is 617. The summed E-state index contributed by atoms with van der Waals surface area (Å²) in [6, 6.07) is 8.24. The van der Waals surface area contributed by atoms with Crippen molar-refractivity contribution < 1.29 is 4.79 Å². The largest absolute Gasteiger partial charge is 0.284 e. The molecule has 19 heavy (non-hydrogen) atoms. The molecule has 1 aromatic heterocycles. The van der Waals surface area contributed by atoms with E-state index in [0.717, 1.165) is 24.1 Å². The second-order valence-corrected chi connectivity index (χ2v) is 5.74.